The van der Waals surface area contributed by atoms with Gasteiger partial charge in [0.2, 0.25) is 5.72 Å². The number of nitrogens with two attached hydrogens (primary N) is 1. The number of rotatable bonds is 6. The third kappa shape index (κ3) is 3.08. The van der Waals surface area contributed by atoms with Crippen LogP contribution >= 0.6 is 0 Å². The van der Waals surface area contributed by atoms with Gasteiger partial charge in [-0.1, -0.05) is 0 Å². The van der Waals surface area contributed by atoms with Gasteiger partial charge in [-0.25, -0.2) is 15.0 Å². The number of aliphatic hydroxyl groups excluding tert-OH is 3. The van der Waals surface area contributed by atoms with E-state index in [2.05, 4.69) is 15.0 Å². The van der Waals surface area contributed by atoms with Crippen LogP contribution in [0.2, 0.25) is 0 Å². The summed E-state index contributed by atoms with van der Waals surface area (Å²) in [6.45, 7) is -0.904. The minimum atomic E-state index is -2.69. The van der Waals surface area contributed by atoms with E-state index in [0.717, 1.165) is 17.2 Å². The van der Waals surface area contributed by atoms with E-state index in [1.807, 2.05) is 0 Å². The number of nitrogens with zero attached hydrogens (tertiary/aromatic N) is 7. The van der Waals surface area contributed by atoms with Gasteiger partial charge in [0.15, 0.2) is 17.0 Å². The zero-order chi connectivity index (χ0) is 24.9. The topological polar surface area (TPSA) is 269 Å². The Balaban J connectivity index is 2.20. The maximum atomic E-state index is 11.9. The van der Waals surface area contributed by atoms with Crippen molar-refractivity contribution in [3.8, 4) is 0 Å². The predicted octanol–water partition coefficient (Wildman–Crippen LogP) is -1.05. The monoisotopic (exact) mass is 478 g/mol. The molecule has 4 rings (SSSR count). The number of non-ortho nitro benzene ring substituents is 1. The molecule has 0 spiro atoms. The molecule has 0 radical (unpaired) electrons. The van der Waals surface area contributed by atoms with Gasteiger partial charge < -0.3 is 25.8 Å². The van der Waals surface area contributed by atoms with Crippen LogP contribution in [0.3, 0.4) is 0 Å². The fourth-order valence-corrected chi connectivity index (χ4v) is 3.93. The molecule has 1 aromatic carbocycles. The highest BCUT2D eigenvalue weighted by Gasteiger charge is 2.62. The molecule has 0 unspecified atom stereocenters. The number of aliphatic hydroxyl groups is 3. The summed E-state index contributed by atoms with van der Waals surface area (Å²) in [5.41, 5.74) is -1.49. The fourth-order valence-electron chi connectivity index (χ4n) is 3.93. The highest BCUT2D eigenvalue weighted by Crippen LogP contribution is 2.50. The highest BCUT2D eigenvalue weighted by atomic mass is 16.6. The van der Waals surface area contributed by atoms with E-state index in [-0.39, 0.29) is 17.0 Å². The van der Waals surface area contributed by atoms with Gasteiger partial charge in [-0.05, 0) is 0 Å². The molecule has 4 atom stereocenters. The second-order valence-electron chi connectivity index (χ2n) is 7.15. The maximum Gasteiger partial charge on any atom is 0.291 e. The first-order valence-electron chi connectivity index (χ1n) is 9.25. The van der Waals surface area contributed by atoms with Crippen molar-refractivity contribution in [2.45, 2.75) is 24.0 Å². The number of fused-ring (bicyclic) bond motifs is 1. The minimum Gasteiger partial charge on any atom is -0.394 e. The van der Waals surface area contributed by atoms with Crippen LogP contribution < -0.4 is 5.73 Å². The summed E-state index contributed by atoms with van der Waals surface area (Å²) >= 11 is 0. The Bertz CT molecular complexity index is 1310. The number of hydrogen-bond acceptors (Lipinski definition) is 14. The molecule has 0 aliphatic carbocycles. The molecule has 178 valence electrons. The van der Waals surface area contributed by atoms with Crippen molar-refractivity contribution in [2.24, 2.45) is 0 Å². The van der Waals surface area contributed by atoms with E-state index in [0.29, 0.717) is 12.1 Å². The summed E-state index contributed by atoms with van der Waals surface area (Å²) in [5, 5.41) is 66.4. The number of anilines is 1. The molecule has 5 N–H and O–H groups in total. The van der Waals surface area contributed by atoms with Crippen LogP contribution in [0.4, 0.5) is 22.9 Å². The van der Waals surface area contributed by atoms with Crippen molar-refractivity contribution < 1.29 is 34.8 Å². The van der Waals surface area contributed by atoms with E-state index in [1.54, 1.807) is 0 Å². The molecular formula is C16H14N8O10. The number of nitrogen functional groups attached to an aromatic ring is 1. The van der Waals surface area contributed by atoms with E-state index in [4.69, 9.17) is 10.5 Å². The zero-order valence-corrected chi connectivity index (χ0v) is 16.7. The van der Waals surface area contributed by atoms with Crippen molar-refractivity contribution in [3.05, 3.63) is 60.7 Å². The van der Waals surface area contributed by atoms with Gasteiger partial charge in [-0.15, -0.1) is 0 Å². The van der Waals surface area contributed by atoms with Crippen molar-refractivity contribution in [1.29, 1.82) is 0 Å². The smallest absolute Gasteiger partial charge is 0.291 e. The minimum absolute atomic E-state index is 0.0770. The number of hydrogen-bond donors (Lipinski definition) is 4. The van der Waals surface area contributed by atoms with Crippen LogP contribution in [0.5, 0.6) is 0 Å². The summed E-state index contributed by atoms with van der Waals surface area (Å²) < 4.78 is 6.53. The van der Waals surface area contributed by atoms with Crippen LogP contribution in [0.1, 0.15) is 5.56 Å². The largest absolute Gasteiger partial charge is 0.394 e. The van der Waals surface area contributed by atoms with E-state index >= 15 is 0 Å². The first-order valence-corrected chi connectivity index (χ1v) is 9.25. The van der Waals surface area contributed by atoms with Crippen molar-refractivity contribution in [2.75, 3.05) is 12.3 Å². The zero-order valence-electron chi connectivity index (χ0n) is 16.7. The van der Waals surface area contributed by atoms with Gasteiger partial charge in [0.05, 0.1) is 39.8 Å². The van der Waals surface area contributed by atoms with Gasteiger partial charge in [0.25, 0.3) is 17.1 Å². The molecule has 1 aliphatic heterocycles. The molecule has 34 heavy (non-hydrogen) atoms. The summed E-state index contributed by atoms with van der Waals surface area (Å²) in [6, 6.07) is 0.891. The lowest BCUT2D eigenvalue weighted by Crippen LogP contribution is -2.47. The molecule has 1 saturated heterocycles. The quantitative estimate of drug-likeness (QED) is 0.243. The number of nitro benzene ring substituents is 3. The SMILES string of the molecule is Nc1ncnc2c1ncn2[C@]1(c2c([N+](=O)[O-])cc([N+](=O)[O-])cc2[N+](=O)[O-])O[C@H](CO)[C@@H](O)[C@H]1O. The van der Waals surface area contributed by atoms with Crippen LogP contribution in [0, 0.1) is 30.3 Å². The molecule has 0 bridgehead atoms. The molecule has 0 amide bonds. The number of nitro groups is 3. The van der Waals surface area contributed by atoms with Gasteiger partial charge in [0.1, 0.15) is 30.2 Å². The Hall–Kier alpha value is -4.39. The molecule has 3 heterocycles. The lowest BCUT2D eigenvalue weighted by Gasteiger charge is -2.33. The van der Waals surface area contributed by atoms with Crippen LogP contribution in [0.15, 0.2) is 24.8 Å². The normalized spacial score (nSPS) is 24.4. The summed E-state index contributed by atoms with van der Waals surface area (Å²) in [6.07, 6.45) is -3.77. The number of imidazole rings is 1. The molecule has 1 aliphatic rings. The molecular weight excluding hydrogens is 464 g/mol. The average Bonchev–Trinajstić information content (AvgIpc) is 3.34. The van der Waals surface area contributed by atoms with Gasteiger partial charge in [-0.2, -0.15) is 0 Å². The standard InChI is InChI=1S/C16H14N8O10/c17-14-11-15(19-4-18-14)21(5-20-11)16(13(27)12(26)9(3-25)34-16)10-7(23(30)31)1-6(22(28)29)2-8(10)24(32)33/h1-2,4-5,9,12-13,25-27H,3H2,(H2,17,18,19)/t9-,12-,13-,16-/m1/s1. The third-order valence-corrected chi connectivity index (χ3v) is 5.38. The summed E-state index contributed by atoms with van der Waals surface area (Å²) in [7, 11) is 0. The Morgan fingerprint density at radius 2 is 1.68 bits per heavy atom. The lowest BCUT2D eigenvalue weighted by molar-refractivity contribution is -0.406. The Labute approximate surface area is 186 Å². The van der Waals surface area contributed by atoms with Gasteiger partial charge >= 0.3 is 0 Å². The Morgan fingerprint density at radius 1 is 1.06 bits per heavy atom. The number of benzene rings is 1. The first kappa shape index (κ1) is 22.8. The van der Waals surface area contributed by atoms with Crippen molar-refractivity contribution in [1.82, 2.24) is 19.5 Å². The lowest BCUT2D eigenvalue weighted by atomic mass is 9.91. The molecule has 18 heteroatoms. The number of aromatic nitrogens is 4. The molecule has 1 fully saturated rings. The van der Waals surface area contributed by atoms with Crippen LogP contribution in [-0.4, -0.2) is 74.5 Å². The van der Waals surface area contributed by atoms with E-state index in [1.165, 1.54) is 0 Å². The second kappa shape index (κ2) is 7.88. The molecule has 3 aromatic rings. The molecule has 2 aromatic heterocycles. The van der Waals surface area contributed by atoms with Gasteiger partial charge in [-0.3, -0.25) is 34.9 Å². The van der Waals surface area contributed by atoms with Crippen molar-refractivity contribution >= 4 is 34.0 Å². The van der Waals surface area contributed by atoms with E-state index < -0.39 is 68.0 Å². The third-order valence-electron chi connectivity index (χ3n) is 5.38. The van der Waals surface area contributed by atoms with Crippen LogP contribution in [0.25, 0.3) is 11.2 Å². The fraction of sp³-hybridized carbons (Fsp3) is 0.312. The van der Waals surface area contributed by atoms with E-state index in [9.17, 15) is 45.7 Å². The Kier molecular flexibility index (Phi) is 5.28. The predicted molar refractivity (Wildman–Crippen MR) is 107 cm³/mol. The first-order chi connectivity index (χ1) is 16.0. The maximum absolute atomic E-state index is 11.9. The van der Waals surface area contributed by atoms with Crippen molar-refractivity contribution in [3.63, 3.8) is 0 Å². The molecule has 0 saturated carbocycles. The van der Waals surface area contributed by atoms with Gasteiger partial charge in [0, 0.05) is 0 Å². The van der Waals surface area contributed by atoms with Crippen LogP contribution in [-0.2, 0) is 10.5 Å². The highest BCUT2D eigenvalue weighted by molar-refractivity contribution is 5.82. The average molecular weight is 478 g/mol. The molecule has 18 nitrogen and oxygen atoms in total. The summed E-state index contributed by atoms with van der Waals surface area (Å²) in [4.78, 5) is 43.4. The second-order valence-corrected chi connectivity index (χ2v) is 7.15. The Morgan fingerprint density at radius 3 is 2.18 bits per heavy atom. The number of ether oxygens (including phenoxy) is 1. The summed E-state index contributed by atoms with van der Waals surface area (Å²) in [5.74, 6) is -0.154.